The first-order valence-electron chi connectivity index (χ1n) is 10.2. The van der Waals surface area contributed by atoms with Gasteiger partial charge < -0.3 is 29.2 Å². The van der Waals surface area contributed by atoms with Crippen LogP contribution in [0.15, 0.2) is 18.2 Å². The third-order valence-corrected chi connectivity index (χ3v) is 6.07. The lowest BCUT2D eigenvalue weighted by Gasteiger charge is -2.26. The molecule has 1 aromatic heterocycles. The van der Waals surface area contributed by atoms with Crippen LogP contribution in [0.4, 0.5) is 9.80 Å². The Morgan fingerprint density at radius 2 is 1.84 bits per heavy atom. The summed E-state index contributed by atoms with van der Waals surface area (Å²) in [5.74, 6) is -0.254. The van der Waals surface area contributed by atoms with Crippen LogP contribution in [0.2, 0.25) is 0 Å². The first-order valence-corrected chi connectivity index (χ1v) is 11.0. The van der Waals surface area contributed by atoms with Crippen molar-refractivity contribution in [3.05, 3.63) is 39.8 Å². The van der Waals surface area contributed by atoms with Crippen molar-refractivity contribution < 1.29 is 33.3 Å². The molecule has 10 heteroatoms. The van der Waals surface area contributed by atoms with Crippen LogP contribution in [0.1, 0.15) is 45.0 Å². The lowest BCUT2D eigenvalue weighted by atomic mass is 10.0. The number of anilines is 1. The number of esters is 1. The largest absolute Gasteiger partial charge is 0.493 e. The average Bonchev–Trinajstić information content (AvgIpc) is 3.15. The number of rotatable bonds is 7. The van der Waals surface area contributed by atoms with E-state index < -0.39 is 18.0 Å². The third-order valence-electron chi connectivity index (χ3n) is 4.94. The van der Waals surface area contributed by atoms with Crippen molar-refractivity contribution in [2.24, 2.45) is 0 Å². The standard InChI is InChI=1S/C22H26N2O7S/c1-5-30-21(26)17-13-10-11-24(22(27)31-6-2)12-16(13)32-20(17)23-19(25)14-8-7-9-15(28-3)18(14)29-4/h7-9H,5-6,10-12H2,1-4H3,(H,23,25). The molecular formula is C22H26N2O7S. The summed E-state index contributed by atoms with van der Waals surface area (Å²) >= 11 is 1.25. The maximum absolute atomic E-state index is 13.1. The van der Waals surface area contributed by atoms with Crippen molar-refractivity contribution in [3.63, 3.8) is 0 Å². The number of amides is 2. The number of carbonyl (C=O) groups is 3. The van der Waals surface area contributed by atoms with Crippen molar-refractivity contribution in [1.29, 1.82) is 0 Å². The molecule has 1 aliphatic rings. The van der Waals surface area contributed by atoms with Gasteiger partial charge in [-0.3, -0.25) is 4.79 Å². The molecule has 0 aliphatic carbocycles. The van der Waals surface area contributed by atoms with Crippen LogP contribution in [-0.2, 0) is 22.4 Å². The highest BCUT2D eigenvalue weighted by molar-refractivity contribution is 7.17. The van der Waals surface area contributed by atoms with Crippen molar-refractivity contribution in [2.45, 2.75) is 26.8 Å². The molecule has 1 N–H and O–H groups in total. The molecule has 9 nitrogen and oxygen atoms in total. The van der Waals surface area contributed by atoms with Crippen LogP contribution >= 0.6 is 11.3 Å². The summed E-state index contributed by atoms with van der Waals surface area (Å²) in [5, 5.41) is 3.20. The Kier molecular flexibility index (Phi) is 7.57. The van der Waals surface area contributed by atoms with Gasteiger partial charge in [-0.15, -0.1) is 11.3 Å². The second-order valence-electron chi connectivity index (χ2n) is 6.79. The van der Waals surface area contributed by atoms with Gasteiger partial charge in [-0.05, 0) is 38.0 Å². The number of hydrogen-bond donors (Lipinski definition) is 1. The average molecular weight is 463 g/mol. The number of carbonyl (C=O) groups excluding carboxylic acids is 3. The van der Waals surface area contributed by atoms with Gasteiger partial charge in [0.05, 0.1) is 45.1 Å². The highest BCUT2D eigenvalue weighted by Crippen LogP contribution is 2.39. The van der Waals surface area contributed by atoms with E-state index in [2.05, 4.69) is 5.32 Å². The molecular weight excluding hydrogens is 436 g/mol. The quantitative estimate of drug-likeness (QED) is 0.626. The molecule has 0 saturated carbocycles. The number of thiophene rings is 1. The minimum atomic E-state index is -0.512. The topological polar surface area (TPSA) is 103 Å². The molecule has 0 atom stereocenters. The van der Waals surface area contributed by atoms with E-state index in [1.165, 1.54) is 25.6 Å². The van der Waals surface area contributed by atoms with E-state index in [0.717, 1.165) is 10.4 Å². The number of fused-ring (bicyclic) bond motifs is 1. The first kappa shape index (κ1) is 23.4. The van der Waals surface area contributed by atoms with Crippen LogP contribution in [0, 0.1) is 0 Å². The molecule has 32 heavy (non-hydrogen) atoms. The number of ether oxygens (including phenoxy) is 4. The van der Waals surface area contributed by atoms with Crippen molar-refractivity contribution in [1.82, 2.24) is 4.90 Å². The van der Waals surface area contributed by atoms with Gasteiger partial charge in [0, 0.05) is 11.4 Å². The fourth-order valence-electron chi connectivity index (χ4n) is 3.52. The Morgan fingerprint density at radius 3 is 2.50 bits per heavy atom. The van der Waals surface area contributed by atoms with E-state index in [-0.39, 0.29) is 18.8 Å². The van der Waals surface area contributed by atoms with Crippen LogP contribution < -0.4 is 14.8 Å². The molecule has 0 unspecified atom stereocenters. The summed E-state index contributed by atoms with van der Waals surface area (Å²) in [4.78, 5) is 40.4. The molecule has 172 valence electrons. The zero-order valence-electron chi connectivity index (χ0n) is 18.5. The molecule has 0 bridgehead atoms. The minimum Gasteiger partial charge on any atom is -0.493 e. The monoisotopic (exact) mass is 462 g/mol. The fraction of sp³-hybridized carbons (Fsp3) is 0.409. The number of methoxy groups -OCH3 is 2. The summed E-state index contributed by atoms with van der Waals surface area (Å²) in [6.45, 7) is 4.66. The van der Waals surface area contributed by atoms with Gasteiger partial charge in [0.15, 0.2) is 11.5 Å². The molecule has 0 radical (unpaired) electrons. The van der Waals surface area contributed by atoms with Crippen LogP contribution in [-0.4, -0.2) is 56.8 Å². The summed E-state index contributed by atoms with van der Waals surface area (Å²) in [7, 11) is 2.94. The molecule has 2 amide bonds. The fourth-order valence-corrected chi connectivity index (χ4v) is 4.76. The smallest absolute Gasteiger partial charge is 0.410 e. The van der Waals surface area contributed by atoms with Gasteiger partial charge >= 0.3 is 12.1 Å². The van der Waals surface area contributed by atoms with Gasteiger partial charge in [0.25, 0.3) is 5.91 Å². The van der Waals surface area contributed by atoms with E-state index in [9.17, 15) is 14.4 Å². The Morgan fingerprint density at radius 1 is 1.09 bits per heavy atom. The van der Waals surface area contributed by atoms with Gasteiger partial charge in [-0.2, -0.15) is 0 Å². The normalized spacial score (nSPS) is 12.6. The van der Waals surface area contributed by atoms with Gasteiger partial charge in [-0.25, -0.2) is 9.59 Å². The van der Waals surface area contributed by atoms with Crippen molar-refractivity contribution in [3.8, 4) is 11.5 Å². The predicted octanol–water partition coefficient (Wildman–Crippen LogP) is 3.71. The first-order chi connectivity index (χ1) is 15.4. The lowest BCUT2D eigenvalue weighted by Crippen LogP contribution is -2.36. The number of para-hydroxylation sites is 1. The van der Waals surface area contributed by atoms with Crippen LogP contribution in [0.5, 0.6) is 11.5 Å². The maximum atomic E-state index is 13.1. The Labute approximate surface area is 190 Å². The Balaban J connectivity index is 1.96. The second-order valence-corrected chi connectivity index (χ2v) is 7.90. The van der Waals surface area contributed by atoms with Crippen molar-refractivity contribution >= 4 is 34.3 Å². The van der Waals surface area contributed by atoms with E-state index in [4.69, 9.17) is 18.9 Å². The number of nitrogens with one attached hydrogen (secondary N) is 1. The van der Waals surface area contributed by atoms with Gasteiger partial charge in [0.2, 0.25) is 0 Å². The van der Waals surface area contributed by atoms with E-state index in [0.29, 0.717) is 41.6 Å². The molecule has 2 heterocycles. The maximum Gasteiger partial charge on any atom is 0.410 e. The summed E-state index contributed by atoms with van der Waals surface area (Å²) < 4.78 is 21.0. The molecule has 0 fully saturated rings. The summed E-state index contributed by atoms with van der Waals surface area (Å²) in [6, 6.07) is 4.98. The minimum absolute atomic E-state index is 0.204. The highest BCUT2D eigenvalue weighted by atomic mass is 32.1. The molecule has 1 aliphatic heterocycles. The van der Waals surface area contributed by atoms with Crippen LogP contribution in [0.3, 0.4) is 0 Å². The Bertz CT molecular complexity index is 1020. The highest BCUT2D eigenvalue weighted by Gasteiger charge is 2.32. The van der Waals surface area contributed by atoms with Crippen LogP contribution in [0.25, 0.3) is 0 Å². The van der Waals surface area contributed by atoms with E-state index >= 15 is 0 Å². The van der Waals surface area contributed by atoms with E-state index in [1.54, 1.807) is 36.9 Å². The second kappa shape index (κ2) is 10.4. The number of hydrogen-bond acceptors (Lipinski definition) is 8. The molecule has 2 aromatic rings. The zero-order valence-corrected chi connectivity index (χ0v) is 19.3. The number of nitrogens with zero attached hydrogens (tertiary/aromatic N) is 1. The number of benzene rings is 1. The predicted molar refractivity (Wildman–Crippen MR) is 119 cm³/mol. The van der Waals surface area contributed by atoms with Gasteiger partial charge in [-0.1, -0.05) is 6.07 Å². The zero-order chi connectivity index (χ0) is 23.3. The van der Waals surface area contributed by atoms with E-state index in [1.807, 2.05) is 0 Å². The SMILES string of the molecule is CCOC(=O)c1c(NC(=O)c2cccc(OC)c2OC)sc2c1CCN(C(=O)OCC)C2. The Hall–Kier alpha value is -3.27. The lowest BCUT2D eigenvalue weighted by molar-refractivity contribution is 0.0526. The molecule has 3 rings (SSSR count). The summed E-state index contributed by atoms with van der Waals surface area (Å²) in [5.41, 5.74) is 1.37. The summed E-state index contributed by atoms with van der Waals surface area (Å²) in [6.07, 6.45) is 0.0490. The third kappa shape index (κ3) is 4.64. The molecule has 1 aromatic carbocycles. The van der Waals surface area contributed by atoms with Crippen molar-refractivity contribution in [2.75, 3.05) is 39.3 Å². The van der Waals surface area contributed by atoms with Gasteiger partial charge in [0.1, 0.15) is 5.00 Å². The molecule has 0 spiro atoms. The molecule has 0 saturated heterocycles.